The van der Waals surface area contributed by atoms with Gasteiger partial charge >= 0.3 is 0 Å². The third-order valence-corrected chi connectivity index (χ3v) is 5.68. The molecular weight excluding hydrogens is 414 g/mol. The molecule has 3 heterocycles. The monoisotopic (exact) mass is 441 g/mol. The summed E-state index contributed by atoms with van der Waals surface area (Å²) in [6.07, 6.45) is 2.91. The zero-order valence-corrected chi connectivity index (χ0v) is 17.8. The molecule has 0 radical (unpaired) electrons. The predicted molar refractivity (Wildman–Crippen MR) is 115 cm³/mol. The molecule has 1 aromatic heterocycles. The number of aliphatic hydroxyl groups is 1. The summed E-state index contributed by atoms with van der Waals surface area (Å²) in [7, 11) is 1.46. The van der Waals surface area contributed by atoms with Crippen molar-refractivity contribution in [2.75, 3.05) is 25.6 Å². The van der Waals surface area contributed by atoms with Crippen molar-refractivity contribution >= 4 is 17.5 Å². The van der Waals surface area contributed by atoms with E-state index in [4.69, 9.17) is 14.2 Å². The van der Waals surface area contributed by atoms with E-state index < -0.39 is 6.10 Å². The largest absolute Gasteiger partial charge is 0.487 e. The molecule has 1 saturated heterocycles. The average Bonchev–Trinajstić information content (AvgIpc) is 3.16. The third kappa shape index (κ3) is 5.07. The number of benzene rings is 1. The van der Waals surface area contributed by atoms with Crippen LogP contribution in [-0.4, -0.2) is 60.5 Å². The number of amides is 2. The predicted octanol–water partition coefficient (Wildman–Crippen LogP) is 1.37. The normalized spacial score (nSPS) is 23.6. The van der Waals surface area contributed by atoms with E-state index in [1.54, 1.807) is 24.5 Å². The summed E-state index contributed by atoms with van der Waals surface area (Å²) in [4.78, 5) is 28.4. The number of nitrogens with zero attached hydrogens (tertiary/aromatic N) is 1. The van der Waals surface area contributed by atoms with Gasteiger partial charge in [0, 0.05) is 43.2 Å². The first-order chi connectivity index (χ1) is 15.6. The Bertz CT molecular complexity index is 954. The molecule has 1 aromatic carbocycles. The van der Waals surface area contributed by atoms with Gasteiger partial charge in [-0.05, 0) is 36.2 Å². The van der Waals surface area contributed by atoms with Crippen molar-refractivity contribution in [2.24, 2.45) is 0 Å². The van der Waals surface area contributed by atoms with Crippen LogP contribution < -0.4 is 15.4 Å². The number of pyridine rings is 1. The summed E-state index contributed by atoms with van der Waals surface area (Å²) < 4.78 is 16.9. The minimum atomic E-state index is -0.538. The van der Waals surface area contributed by atoms with E-state index >= 15 is 0 Å². The number of fused-ring (bicyclic) bond motifs is 3. The fraction of sp³-hybridized carbons (Fsp3) is 0.435. The van der Waals surface area contributed by atoms with Crippen LogP contribution in [0.3, 0.4) is 0 Å². The van der Waals surface area contributed by atoms with Crippen molar-refractivity contribution in [3.8, 4) is 5.75 Å². The number of rotatable bonds is 8. The summed E-state index contributed by atoms with van der Waals surface area (Å²) in [5.41, 5.74) is 2.50. The van der Waals surface area contributed by atoms with Crippen LogP contribution >= 0.6 is 0 Å². The number of aromatic nitrogens is 1. The van der Waals surface area contributed by atoms with E-state index in [0.29, 0.717) is 24.4 Å². The standard InChI is InChI=1S/C23H27N3O6/c1-30-13-22(29)26-15-4-5-19-17(7-15)18-8-16(31-20(12-27)23(18)32-19)9-21(28)25-11-14-3-2-6-24-10-14/h2-7,10,16,18,20,23,27H,8-9,11-13H2,1H3,(H,25,28)(H,26,29)/t16-,18-,20+,23+/m0/s1. The molecule has 1 fully saturated rings. The number of aliphatic hydroxyl groups excluding tert-OH is 1. The molecule has 0 spiro atoms. The summed E-state index contributed by atoms with van der Waals surface area (Å²) >= 11 is 0. The first kappa shape index (κ1) is 22.2. The fourth-order valence-corrected chi connectivity index (χ4v) is 4.28. The first-order valence-electron chi connectivity index (χ1n) is 10.6. The number of carbonyl (C=O) groups is 2. The smallest absolute Gasteiger partial charge is 0.250 e. The molecular formula is C23H27N3O6. The highest BCUT2D eigenvalue weighted by Gasteiger charge is 2.46. The number of nitrogens with one attached hydrogen (secondary N) is 2. The maximum atomic E-state index is 12.5. The third-order valence-electron chi connectivity index (χ3n) is 5.68. The van der Waals surface area contributed by atoms with Crippen molar-refractivity contribution in [2.45, 2.75) is 43.6 Å². The highest BCUT2D eigenvalue weighted by molar-refractivity contribution is 5.92. The van der Waals surface area contributed by atoms with E-state index in [9.17, 15) is 14.7 Å². The van der Waals surface area contributed by atoms with Gasteiger partial charge in [-0.1, -0.05) is 6.07 Å². The van der Waals surface area contributed by atoms with E-state index in [2.05, 4.69) is 15.6 Å². The highest BCUT2D eigenvalue weighted by atomic mass is 16.6. The highest BCUT2D eigenvalue weighted by Crippen LogP contribution is 2.47. The minimum absolute atomic E-state index is 0.0315. The van der Waals surface area contributed by atoms with Gasteiger partial charge in [-0.2, -0.15) is 0 Å². The summed E-state index contributed by atoms with van der Waals surface area (Å²) in [6, 6.07) is 9.17. The summed E-state index contributed by atoms with van der Waals surface area (Å²) in [5, 5.41) is 15.6. The van der Waals surface area contributed by atoms with Crippen LogP contribution in [0.25, 0.3) is 0 Å². The summed E-state index contributed by atoms with van der Waals surface area (Å²) in [6.45, 7) is 0.155. The zero-order valence-electron chi connectivity index (χ0n) is 17.8. The van der Waals surface area contributed by atoms with Gasteiger partial charge in [-0.15, -0.1) is 0 Å². The molecule has 4 atom stereocenters. The molecule has 0 unspecified atom stereocenters. The van der Waals surface area contributed by atoms with E-state index in [0.717, 1.165) is 11.1 Å². The van der Waals surface area contributed by atoms with Crippen LogP contribution in [0.4, 0.5) is 5.69 Å². The maximum absolute atomic E-state index is 12.5. The SMILES string of the molecule is COCC(=O)Nc1ccc2c(c1)[C@@H]1C[C@@H](CC(=O)NCc3cccnc3)O[C@H](CO)[C@@H]1O2. The van der Waals surface area contributed by atoms with Crippen molar-refractivity contribution in [1.82, 2.24) is 10.3 Å². The lowest BCUT2D eigenvalue weighted by Crippen LogP contribution is -2.47. The molecule has 2 aromatic rings. The van der Waals surface area contributed by atoms with Gasteiger partial charge in [-0.25, -0.2) is 0 Å². The molecule has 0 bridgehead atoms. The van der Waals surface area contributed by atoms with Crippen LogP contribution in [0.2, 0.25) is 0 Å². The molecule has 32 heavy (non-hydrogen) atoms. The Morgan fingerprint density at radius 1 is 1.28 bits per heavy atom. The van der Waals surface area contributed by atoms with Gasteiger partial charge in [-0.3, -0.25) is 14.6 Å². The van der Waals surface area contributed by atoms with Gasteiger partial charge < -0.3 is 30.0 Å². The van der Waals surface area contributed by atoms with Crippen LogP contribution in [0.1, 0.15) is 29.9 Å². The molecule has 3 N–H and O–H groups in total. The van der Waals surface area contributed by atoms with Gasteiger partial charge in [0.15, 0.2) is 0 Å². The minimum Gasteiger partial charge on any atom is -0.487 e. The van der Waals surface area contributed by atoms with Crippen molar-refractivity contribution in [3.05, 3.63) is 53.9 Å². The lowest BCUT2D eigenvalue weighted by atomic mass is 9.84. The molecule has 2 amide bonds. The van der Waals surface area contributed by atoms with E-state index in [-0.39, 0.29) is 49.6 Å². The molecule has 9 heteroatoms. The van der Waals surface area contributed by atoms with Crippen molar-refractivity contribution < 1.29 is 28.9 Å². The quantitative estimate of drug-likeness (QED) is 0.566. The van der Waals surface area contributed by atoms with Crippen molar-refractivity contribution in [1.29, 1.82) is 0 Å². The lowest BCUT2D eigenvalue weighted by Gasteiger charge is -2.37. The Balaban J connectivity index is 1.42. The van der Waals surface area contributed by atoms with Gasteiger partial charge in [0.05, 0.1) is 19.1 Å². The van der Waals surface area contributed by atoms with Gasteiger partial charge in [0.25, 0.3) is 0 Å². The Labute approximate surface area is 186 Å². The van der Waals surface area contributed by atoms with Crippen LogP contribution in [-0.2, 0) is 25.6 Å². The average molecular weight is 441 g/mol. The fourth-order valence-electron chi connectivity index (χ4n) is 4.28. The number of hydrogen-bond donors (Lipinski definition) is 3. The first-order valence-corrected chi connectivity index (χ1v) is 10.6. The Morgan fingerprint density at radius 2 is 2.16 bits per heavy atom. The maximum Gasteiger partial charge on any atom is 0.250 e. The molecule has 0 saturated carbocycles. The molecule has 2 aliphatic rings. The second-order valence-electron chi connectivity index (χ2n) is 7.98. The van der Waals surface area contributed by atoms with Crippen LogP contribution in [0, 0.1) is 0 Å². The lowest BCUT2D eigenvalue weighted by molar-refractivity contribution is -0.142. The Morgan fingerprint density at radius 3 is 2.91 bits per heavy atom. The second-order valence-corrected chi connectivity index (χ2v) is 7.98. The summed E-state index contributed by atoms with van der Waals surface area (Å²) in [5.74, 6) is 0.278. The van der Waals surface area contributed by atoms with Crippen molar-refractivity contribution in [3.63, 3.8) is 0 Å². The van der Waals surface area contributed by atoms with Crippen LogP contribution in [0.15, 0.2) is 42.7 Å². The number of methoxy groups -OCH3 is 1. The molecule has 4 rings (SSSR count). The van der Waals surface area contributed by atoms with Crippen LogP contribution in [0.5, 0.6) is 5.75 Å². The Hall–Kier alpha value is -3.01. The zero-order chi connectivity index (χ0) is 22.5. The van der Waals surface area contributed by atoms with Gasteiger partial charge in [0.2, 0.25) is 11.8 Å². The molecule has 0 aliphatic carbocycles. The molecule has 9 nitrogen and oxygen atoms in total. The molecule has 2 aliphatic heterocycles. The second kappa shape index (κ2) is 10.1. The topological polar surface area (TPSA) is 119 Å². The molecule has 170 valence electrons. The number of anilines is 1. The van der Waals surface area contributed by atoms with E-state index in [1.807, 2.05) is 18.2 Å². The number of ether oxygens (including phenoxy) is 3. The van der Waals surface area contributed by atoms with Gasteiger partial charge in [0.1, 0.15) is 24.6 Å². The number of carbonyl (C=O) groups excluding carboxylic acids is 2. The number of hydrogen-bond acceptors (Lipinski definition) is 7. The Kier molecular flexibility index (Phi) is 6.99. The van der Waals surface area contributed by atoms with E-state index in [1.165, 1.54) is 7.11 Å².